The molecule has 2 amide bonds. The minimum atomic E-state index is -0.348. The molecule has 1 N–H and O–H groups in total. The lowest BCUT2D eigenvalue weighted by Crippen LogP contribution is -2.17. The van der Waals surface area contributed by atoms with Gasteiger partial charge in [-0.3, -0.25) is 19.9 Å². The van der Waals surface area contributed by atoms with Crippen molar-refractivity contribution in [1.29, 1.82) is 0 Å². The Kier molecular flexibility index (Phi) is 3.58. The third-order valence-corrected chi connectivity index (χ3v) is 3.96. The van der Waals surface area contributed by atoms with E-state index < -0.39 is 0 Å². The third-order valence-electron chi connectivity index (χ3n) is 3.14. The summed E-state index contributed by atoms with van der Waals surface area (Å²) in [4.78, 5) is 27.5. The van der Waals surface area contributed by atoms with Crippen LogP contribution in [0.25, 0.3) is 17.3 Å². The number of benzene rings is 1. The summed E-state index contributed by atoms with van der Waals surface area (Å²) in [6, 6.07) is 11.7. The standard InChI is InChI=1S/C16H12N2O2S/c1-10-4-2-3-5-12(10)13-8-11(6-7-17-13)9-14-15(19)18-16(20)21-14/h2-9H,1H3,(H,18,19,20)/b14-9-. The summed E-state index contributed by atoms with van der Waals surface area (Å²) in [5, 5.41) is 1.91. The zero-order valence-electron chi connectivity index (χ0n) is 11.3. The number of imide groups is 1. The maximum Gasteiger partial charge on any atom is 0.290 e. The number of carbonyl (C=O) groups excluding carboxylic acids is 2. The number of nitrogens with zero attached hydrogens (tertiary/aromatic N) is 1. The maximum atomic E-state index is 11.6. The van der Waals surface area contributed by atoms with Crippen LogP contribution in [0.1, 0.15) is 11.1 Å². The second-order valence-corrected chi connectivity index (χ2v) is 5.66. The molecule has 0 radical (unpaired) electrons. The summed E-state index contributed by atoms with van der Waals surface area (Å²) in [5.41, 5.74) is 3.88. The Hall–Kier alpha value is -2.40. The van der Waals surface area contributed by atoms with Crippen LogP contribution in [0, 0.1) is 6.92 Å². The Labute approximate surface area is 126 Å². The van der Waals surface area contributed by atoms with E-state index >= 15 is 0 Å². The molecule has 4 nitrogen and oxygen atoms in total. The van der Waals surface area contributed by atoms with Gasteiger partial charge >= 0.3 is 0 Å². The zero-order chi connectivity index (χ0) is 14.8. The molecule has 104 valence electrons. The zero-order valence-corrected chi connectivity index (χ0v) is 12.1. The van der Waals surface area contributed by atoms with E-state index in [9.17, 15) is 9.59 Å². The molecule has 1 aromatic heterocycles. The molecule has 0 spiro atoms. The quantitative estimate of drug-likeness (QED) is 0.863. The summed E-state index contributed by atoms with van der Waals surface area (Å²) in [6.07, 6.45) is 3.40. The van der Waals surface area contributed by atoms with Gasteiger partial charge in [0.15, 0.2) is 0 Å². The van der Waals surface area contributed by atoms with Gasteiger partial charge in [0, 0.05) is 11.8 Å². The van der Waals surface area contributed by atoms with Gasteiger partial charge in [-0.05, 0) is 48.0 Å². The lowest BCUT2D eigenvalue weighted by atomic mass is 10.0. The Bertz CT molecular complexity index is 768. The van der Waals surface area contributed by atoms with Crippen LogP contribution in [0.3, 0.4) is 0 Å². The van der Waals surface area contributed by atoms with Gasteiger partial charge in [-0.15, -0.1) is 0 Å². The lowest BCUT2D eigenvalue weighted by molar-refractivity contribution is -0.115. The van der Waals surface area contributed by atoms with Crippen LogP contribution in [0.2, 0.25) is 0 Å². The topological polar surface area (TPSA) is 59.1 Å². The number of carbonyl (C=O) groups is 2. The molecule has 0 bridgehead atoms. The van der Waals surface area contributed by atoms with Crippen molar-refractivity contribution in [2.24, 2.45) is 0 Å². The highest BCUT2D eigenvalue weighted by Crippen LogP contribution is 2.27. The number of aryl methyl sites for hydroxylation is 1. The molecule has 0 atom stereocenters. The van der Waals surface area contributed by atoms with E-state index in [0.29, 0.717) is 4.91 Å². The van der Waals surface area contributed by atoms with Crippen molar-refractivity contribution >= 4 is 29.0 Å². The van der Waals surface area contributed by atoms with Gasteiger partial charge in [-0.25, -0.2) is 0 Å². The summed E-state index contributed by atoms with van der Waals surface area (Å²) in [6.45, 7) is 2.03. The molecular formula is C16H12N2O2S. The lowest BCUT2D eigenvalue weighted by Gasteiger charge is -2.05. The minimum absolute atomic E-state index is 0.334. The van der Waals surface area contributed by atoms with E-state index in [1.54, 1.807) is 12.3 Å². The number of pyridine rings is 1. The fraction of sp³-hybridized carbons (Fsp3) is 0.0625. The first kappa shape index (κ1) is 13.6. The molecule has 2 heterocycles. The predicted molar refractivity (Wildman–Crippen MR) is 83.5 cm³/mol. The Morgan fingerprint density at radius 3 is 2.71 bits per heavy atom. The molecule has 1 aliphatic rings. The second-order valence-electron chi connectivity index (χ2n) is 4.64. The summed E-state index contributed by atoms with van der Waals surface area (Å²) in [7, 11) is 0. The van der Waals surface area contributed by atoms with E-state index in [-0.39, 0.29) is 11.1 Å². The monoisotopic (exact) mass is 296 g/mol. The van der Waals surface area contributed by atoms with Crippen molar-refractivity contribution < 1.29 is 9.59 Å². The SMILES string of the molecule is Cc1ccccc1-c1cc(/C=C2\SC(=O)NC2=O)ccn1. The highest BCUT2D eigenvalue weighted by Gasteiger charge is 2.24. The molecule has 1 aromatic carbocycles. The molecule has 1 aliphatic heterocycles. The number of nitrogens with one attached hydrogen (secondary N) is 1. The molecule has 21 heavy (non-hydrogen) atoms. The number of rotatable bonds is 2. The van der Waals surface area contributed by atoms with Gasteiger partial charge in [0.05, 0.1) is 10.6 Å². The highest BCUT2D eigenvalue weighted by atomic mass is 32.2. The molecule has 3 rings (SSSR count). The van der Waals surface area contributed by atoms with Crippen molar-refractivity contribution in [2.45, 2.75) is 6.92 Å². The third kappa shape index (κ3) is 2.87. The summed E-state index contributed by atoms with van der Waals surface area (Å²) < 4.78 is 0. The molecule has 0 unspecified atom stereocenters. The molecule has 1 fully saturated rings. The molecule has 0 saturated carbocycles. The van der Waals surface area contributed by atoms with Crippen LogP contribution in [0.5, 0.6) is 0 Å². The first-order chi connectivity index (χ1) is 10.1. The number of amides is 2. The van der Waals surface area contributed by atoms with Crippen molar-refractivity contribution in [1.82, 2.24) is 10.3 Å². The molecule has 0 aliphatic carbocycles. The van der Waals surface area contributed by atoms with Crippen molar-refractivity contribution in [3.63, 3.8) is 0 Å². The maximum absolute atomic E-state index is 11.6. The van der Waals surface area contributed by atoms with E-state index in [1.165, 1.54) is 0 Å². The fourth-order valence-corrected chi connectivity index (χ4v) is 2.80. The van der Waals surface area contributed by atoms with E-state index in [1.807, 2.05) is 43.3 Å². The van der Waals surface area contributed by atoms with Gasteiger partial charge in [0.1, 0.15) is 0 Å². The van der Waals surface area contributed by atoms with Gasteiger partial charge in [0.2, 0.25) is 0 Å². The number of hydrogen-bond acceptors (Lipinski definition) is 4. The Morgan fingerprint density at radius 1 is 1.19 bits per heavy atom. The normalized spacial score (nSPS) is 16.3. The first-order valence-corrected chi connectivity index (χ1v) is 7.22. The van der Waals surface area contributed by atoms with E-state index in [2.05, 4.69) is 10.3 Å². The largest absolute Gasteiger partial charge is 0.290 e. The van der Waals surface area contributed by atoms with Crippen LogP contribution < -0.4 is 5.32 Å². The van der Waals surface area contributed by atoms with E-state index in [0.717, 1.165) is 34.1 Å². The number of hydrogen-bond donors (Lipinski definition) is 1. The van der Waals surface area contributed by atoms with Crippen molar-refractivity contribution in [3.05, 3.63) is 58.6 Å². The van der Waals surface area contributed by atoms with Gasteiger partial charge in [0.25, 0.3) is 11.1 Å². The van der Waals surface area contributed by atoms with Gasteiger partial charge in [-0.2, -0.15) is 0 Å². The first-order valence-electron chi connectivity index (χ1n) is 6.40. The second kappa shape index (κ2) is 5.54. The van der Waals surface area contributed by atoms with Crippen molar-refractivity contribution in [3.8, 4) is 11.3 Å². The Balaban J connectivity index is 1.98. The van der Waals surface area contributed by atoms with Crippen LogP contribution in [-0.4, -0.2) is 16.1 Å². The van der Waals surface area contributed by atoms with Gasteiger partial charge in [-0.1, -0.05) is 24.3 Å². The Morgan fingerprint density at radius 2 is 2.00 bits per heavy atom. The summed E-state index contributed by atoms with van der Waals surface area (Å²) in [5.74, 6) is -0.348. The average Bonchev–Trinajstić information content (AvgIpc) is 2.78. The molecule has 1 saturated heterocycles. The smallest absolute Gasteiger partial charge is 0.282 e. The molecule has 5 heteroatoms. The predicted octanol–water partition coefficient (Wildman–Crippen LogP) is 3.38. The summed E-state index contributed by atoms with van der Waals surface area (Å²) >= 11 is 0.914. The van der Waals surface area contributed by atoms with Crippen molar-refractivity contribution in [2.75, 3.05) is 0 Å². The molecular weight excluding hydrogens is 284 g/mol. The number of thioether (sulfide) groups is 1. The van der Waals surface area contributed by atoms with Crippen LogP contribution in [-0.2, 0) is 4.79 Å². The van der Waals surface area contributed by atoms with Gasteiger partial charge < -0.3 is 0 Å². The van der Waals surface area contributed by atoms with Crippen LogP contribution >= 0.6 is 11.8 Å². The number of aromatic nitrogens is 1. The van der Waals surface area contributed by atoms with Crippen LogP contribution in [0.15, 0.2) is 47.5 Å². The molecule has 2 aromatic rings. The van der Waals surface area contributed by atoms with Crippen LogP contribution in [0.4, 0.5) is 4.79 Å². The van der Waals surface area contributed by atoms with E-state index in [4.69, 9.17) is 0 Å². The average molecular weight is 296 g/mol. The minimum Gasteiger partial charge on any atom is -0.282 e. The fourth-order valence-electron chi connectivity index (χ4n) is 2.12. The highest BCUT2D eigenvalue weighted by molar-refractivity contribution is 8.18.